The van der Waals surface area contributed by atoms with Crippen molar-refractivity contribution in [2.24, 2.45) is 5.41 Å². The third-order valence-electron chi connectivity index (χ3n) is 2.92. The SMILES string of the molecule is CC(C)(C)C(=O)O.O=[N+]([O-])c1ccc(O)c(-c2ccccc2)c1.[Cu]. The Bertz CT molecular complexity index is 696. The van der Waals surface area contributed by atoms with Crippen molar-refractivity contribution in [1.29, 1.82) is 0 Å². The number of nitrogens with zero attached hydrogens (tertiary/aromatic N) is 1. The predicted molar refractivity (Wildman–Crippen MR) is 87.3 cm³/mol. The number of benzene rings is 2. The number of non-ortho nitro benzene ring substituents is 1. The normalized spacial score (nSPS) is 9.96. The molecule has 2 N–H and O–H groups in total. The standard InChI is InChI=1S/C12H9NO3.C5H10O2.Cu/c14-12-7-6-10(13(15)16)8-11(12)9-4-2-1-3-5-9;1-5(2,3)4(6)7;/h1-8,14H;1-3H3,(H,6,7);. The van der Waals surface area contributed by atoms with Crippen LogP contribution in [-0.4, -0.2) is 21.1 Å². The van der Waals surface area contributed by atoms with Crippen LogP contribution in [0.25, 0.3) is 11.1 Å². The van der Waals surface area contributed by atoms with Crippen molar-refractivity contribution in [3.8, 4) is 16.9 Å². The van der Waals surface area contributed by atoms with E-state index in [0.29, 0.717) is 5.56 Å². The fraction of sp³-hybridized carbons (Fsp3) is 0.235. The maximum absolute atomic E-state index is 10.6. The number of phenolic OH excluding ortho intramolecular Hbond substituents is 1. The number of phenols is 1. The van der Waals surface area contributed by atoms with Crippen LogP contribution in [0.2, 0.25) is 0 Å². The van der Waals surface area contributed by atoms with E-state index in [1.807, 2.05) is 18.2 Å². The van der Waals surface area contributed by atoms with Crippen LogP contribution in [0.3, 0.4) is 0 Å². The predicted octanol–water partition coefficient (Wildman–Crippen LogP) is 4.08. The smallest absolute Gasteiger partial charge is 0.308 e. The van der Waals surface area contributed by atoms with Crippen molar-refractivity contribution in [3.05, 3.63) is 58.6 Å². The van der Waals surface area contributed by atoms with Gasteiger partial charge in [0.2, 0.25) is 0 Å². The number of carbonyl (C=O) groups is 1. The topological polar surface area (TPSA) is 101 Å². The van der Waals surface area contributed by atoms with Crippen LogP contribution in [0.4, 0.5) is 5.69 Å². The molecule has 2 aromatic rings. The number of hydrogen-bond acceptors (Lipinski definition) is 4. The molecule has 0 saturated carbocycles. The van der Waals surface area contributed by atoms with Crippen molar-refractivity contribution >= 4 is 11.7 Å². The van der Waals surface area contributed by atoms with E-state index in [9.17, 15) is 20.0 Å². The molecular formula is C17H19CuNO5. The van der Waals surface area contributed by atoms with Crippen molar-refractivity contribution in [1.82, 2.24) is 0 Å². The van der Waals surface area contributed by atoms with E-state index in [0.717, 1.165) is 5.56 Å². The third-order valence-corrected chi connectivity index (χ3v) is 2.92. The summed E-state index contributed by atoms with van der Waals surface area (Å²) in [6.45, 7) is 4.99. The van der Waals surface area contributed by atoms with Gasteiger partial charge in [-0.05, 0) is 32.4 Å². The first kappa shape index (κ1) is 21.6. The average molecular weight is 381 g/mol. The van der Waals surface area contributed by atoms with Gasteiger partial charge in [-0.15, -0.1) is 0 Å². The molecule has 2 aromatic carbocycles. The fourth-order valence-corrected chi connectivity index (χ4v) is 1.49. The molecule has 0 saturated heterocycles. The minimum Gasteiger partial charge on any atom is -0.507 e. The fourth-order valence-electron chi connectivity index (χ4n) is 1.49. The second-order valence-corrected chi connectivity index (χ2v) is 5.88. The van der Waals surface area contributed by atoms with Crippen LogP contribution in [0.1, 0.15) is 20.8 Å². The molecule has 6 nitrogen and oxygen atoms in total. The average Bonchev–Trinajstić information content (AvgIpc) is 2.48. The van der Waals surface area contributed by atoms with Crippen molar-refractivity contribution in [2.45, 2.75) is 20.8 Å². The monoisotopic (exact) mass is 380 g/mol. The van der Waals surface area contributed by atoms with Gasteiger partial charge in [-0.25, -0.2) is 0 Å². The number of aliphatic carboxylic acids is 1. The van der Waals surface area contributed by atoms with Crippen LogP contribution in [0.15, 0.2) is 48.5 Å². The summed E-state index contributed by atoms with van der Waals surface area (Å²) in [6, 6.07) is 13.0. The van der Waals surface area contributed by atoms with Gasteiger partial charge in [-0.3, -0.25) is 14.9 Å². The van der Waals surface area contributed by atoms with E-state index in [4.69, 9.17) is 5.11 Å². The van der Waals surface area contributed by atoms with E-state index in [1.54, 1.807) is 32.9 Å². The zero-order valence-corrected chi connectivity index (χ0v) is 14.4. The Kier molecular flexibility index (Phi) is 8.16. The molecule has 0 aliphatic carbocycles. The van der Waals surface area contributed by atoms with Crippen LogP contribution < -0.4 is 0 Å². The number of carboxylic acids is 1. The Labute approximate surface area is 150 Å². The minimum absolute atomic E-state index is 0. The molecule has 0 bridgehead atoms. The van der Waals surface area contributed by atoms with Crippen LogP contribution in [-0.2, 0) is 21.9 Å². The molecule has 0 heterocycles. The Balaban J connectivity index is 0.000000570. The van der Waals surface area contributed by atoms with Gasteiger partial charge in [0.1, 0.15) is 5.75 Å². The number of nitro groups is 1. The molecule has 0 aliphatic heterocycles. The first-order chi connectivity index (χ1) is 10.6. The molecule has 0 amide bonds. The first-order valence-corrected chi connectivity index (χ1v) is 6.89. The van der Waals surface area contributed by atoms with Crippen LogP contribution in [0.5, 0.6) is 5.75 Å². The van der Waals surface area contributed by atoms with Crippen LogP contribution in [0, 0.1) is 15.5 Å². The second-order valence-electron chi connectivity index (χ2n) is 5.88. The Hall–Kier alpha value is -2.37. The third kappa shape index (κ3) is 6.40. The Morgan fingerprint density at radius 1 is 1.08 bits per heavy atom. The number of hydrogen-bond donors (Lipinski definition) is 2. The Morgan fingerprint density at radius 3 is 2.00 bits per heavy atom. The summed E-state index contributed by atoms with van der Waals surface area (Å²) in [7, 11) is 0. The van der Waals surface area contributed by atoms with Crippen LogP contribution >= 0.6 is 0 Å². The van der Waals surface area contributed by atoms with Gasteiger partial charge in [0, 0.05) is 34.8 Å². The van der Waals surface area contributed by atoms with Crippen molar-refractivity contribution < 1.29 is 37.0 Å². The molecule has 0 spiro atoms. The molecule has 24 heavy (non-hydrogen) atoms. The van der Waals surface area contributed by atoms with E-state index < -0.39 is 16.3 Å². The quantitative estimate of drug-likeness (QED) is 0.464. The maximum atomic E-state index is 10.6. The maximum Gasteiger partial charge on any atom is 0.308 e. The first-order valence-electron chi connectivity index (χ1n) is 6.89. The summed E-state index contributed by atoms with van der Waals surface area (Å²) in [5, 5.41) is 28.5. The largest absolute Gasteiger partial charge is 0.507 e. The van der Waals surface area contributed by atoms with Gasteiger partial charge in [0.25, 0.3) is 5.69 Å². The number of nitro benzene ring substituents is 1. The molecule has 0 aromatic heterocycles. The van der Waals surface area contributed by atoms with E-state index in [-0.39, 0.29) is 28.5 Å². The number of carboxylic acid groups (broad SMARTS) is 1. The summed E-state index contributed by atoms with van der Waals surface area (Å²) >= 11 is 0. The summed E-state index contributed by atoms with van der Waals surface area (Å²) in [4.78, 5) is 20.2. The minimum atomic E-state index is -0.757. The van der Waals surface area contributed by atoms with Gasteiger partial charge >= 0.3 is 5.97 Å². The zero-order valence-electron chi connectivity index (χ0n) is 13.5. The van der Waals surface area contributed by atoms with Gasteiger partial charge in [0.15, 0.2) is 0 Å². The molecule has 0 aliphatic rings. The summed E-state index contributed by atoms with van der Waals surface area (Å²) < 4.78 is 0. The molecule has 7 heteroatoms. The zero-order chi connectivity index (χ0) is 17.6. The van der Waals surface area contributed by atoms with E-state index >= 15 is 0 Å². The summed E-state index contributed by atoms with van der Waals surface area (Å²) in [6.07, 6.45) is 0. The Morgan fingerprint density at radius 2 is 1.58 bits per heavy atom. The number of rotatable bonds is 2. The molecule has 0 fully saturated rings. The molecule has 2 rings (SSSR count). The molecule has 133 valence electrons. The van der Waals surface area contributed by atoms with Crippen molar-refractivity contribution in [2.75, 3.05) is 0 Å². The molecule has 0 atom stereocenters. The summed E-state index contributed by atoms with van der Waals surface area (Å²) in [5.41, 5.74) is 0.607. The van der Waals surface area contributed by atoms with Crippen molar-refractivity contribution in [3.63, 3.8) is 0 Å². The summed E-state index contributed by atoms with van der Waals surface area (Å²) in [5.74, 6) is -0.718. The molecule has 0 unspecified atom stereocenters. The number of aromatic hydroxyl groups is 1. The van der Waals surface area contributed by atoms with E-state index in [2.05, 4.69) is 0 Å². The van der Waals surface area contributed by atoms with Gasteiger partial charge in [0.05, 0.1) is 10.3 Å². The van der Waals surface area contributed by atoms with E-state index in [1.165, 1.54) is 18.2 Å². The second kappa shape index (κ2) is 9.05. The molecule has 1 radical (unpaired) electrons. The van der Waals surface area contributed by atoms with Gasteiger partial charge in [-0.2, -0.15) is 0 Å². The molecular weight excluding hydrogens is 362 g/mol. The van der Waals surface area contributed by atoms with Gasteiger partial charge in [-0.1, -0.05) is 30.3 Å². The van der Waals surface area contributed by atoms with Gasteiger partial charge < -0.3 is 10.2 Å².